The second-order valence-corrected chi connectivity index (χ2v) is 2.53. The number of ether oxygens (including phenoxy) is 1. The van der Waals surface area contributed by atoms with Gasteiger partial charge in [-0.05, 0) is 12.2 Å². The average Bonchev–Trinajstić information content (AvgIpc) is 2.09. The maximum atomic E-state index is 11.2. The van der Waals surface area contributed by atoms with Crippen molar-refractivity contribution in [3.05, 3.63) is 23.5 Å². The van der Waals surface area contributed by atoms with Crippen molar-refractivity contribution >= 4 is 11.8 Å². The van der Waals surface area contributed by atoms with Crippen LogP contribution in [0.5, 0.6) is 0 Å². The van der Waals surface area contributed by atoms with E-state index >= 15 is 0 Å². The molecule has 70 valence electrons. The van der Waals surface area contributed by atoms with Crippen molar-refractivity contribution in [2.75, 3.05) is 7.11 Å². The number of hydrogen-bond acceptors (Lipinski definition) is 4. The second kappa shape index (κ2) is 3.40. The molecule has 1 aliphatic rings. The van der Waals surface area contributed by atoms with Gasteiger partial charge < -0.3 is 15.6 Å². The molecule has 0 saturated heterocycles. The van der Waals surface area contributed by atoms with E-state index in [0.717, 1.165) is 6.08 Å². The van der Waals surface area contributed by atoms with Crippen molar-refractivity contribution in [2.45, 2.75) is 6.04 Å². The SMILES string of the molecule is COC1=CC(C(=O)O)=CC(N)C1=O. The van der Waals surface area contributed by atoms with Crippen LogP contribution in [-0.4, -0.2) is 30.0 Å². The van der Waals surface area contributed by atoms with E-state index in [1.807, 2.05) is 0 Å². The minimum Gasteiger partial charge on any atom is -0.493 e. The van der Waals surface area contributed by atoms with Crippen LogP contribution in [0.15, 0.2) is 23.5 Å². The quantitative estimate of drug-likeness (QED) is 0.598. The van der Waals surface area contributed by atoms with Crippen molar-refractivity contribution in [1.82, 2.24) is 0 Å². The summed E-state index contributed by atoms with van der Waals surface area (Å²) in [4.78, 5) is 21.7. The number of rotatable bonds is 2. The molecule has 1 unspecified atom stereocenters. The molecule has 1 atom stereocenters. The lowest BCUT2D eigenvalue weighted by Gasteiger charge is -2.14. The van der Waals surface area contributed by atoms with Crippen LogP contribution >= 0.6 is 0 Å². The van der Waals surface area contributed by atoms with Crippen molar-refractivity contribution in [3.8, 4) is 0 Å². The molecule has 0 aromatic carbocycles. The standard InChI is InChI=1S/C8H9NO4/c1-13-6-3-4(8(11)12)2-5(9)7(6)10/h2-3,5H,9H2,1H3,(H,11,12). The number of carbonyl (C=O) groups is 2. The number of Topliss-reactive ketones (excluding diaryl/α,β-unsaturated/α-hetero) is 1. The minimum atomic E-state index is -1.13. The van der Waals surface area contributed by atoms with Gasteiger partial charge >= 0.3 is 5.97 Å². The normalized spacial score (nSPS) is 22.0. The average molecular weight is 183 g/mol. The molecule has 0 saturated carbocycles. The van der Waals surface area contributed by atoms with E-state index in [1.165, 1.54) is 13.2 Å². The van der Waals surface area contributed by atoms with Crippen LogP contribution in [-0.2, 0) is 14.3 Å². The van der Waals surface area contributed by atoms with Crippen molar-refractivity contribution < 1.29 is 19.4 Å². The molecule has 5 nitrogen and oxygen atoms in total. The molecule has 5 heteroatoms. The van der Waals surface area contributed by atoms with Crippen LogP contribution in [0.25, 0.3) is 0 Å². The number of nitrogens with two attached hydrogens (primary N) is 1. The molecule has 0 aromatic rings. The molecular weight excluding hydrogens is 174 g/mol. The van der Waals surface area contributed by atoms with Crippen LogP contribution in [0.2, 0.25) is 0 Å². The van der Waals surface area contributed by atoms with Crippen LogP contribution < -0.4 is 5.73 Å². The summed E-state index contributed by atoms with van der Waals surface area (Å²) in [6, 6.07) is -0.925. The van der Waals surface area contributed by atoms with Gasteiger partial charge in [-0.15, -0.1) is 0 Å². The van der Waals surface area contributed by atoms with Gasteiger partial charge in [0, 0.05) is 0 Å². The summed E-state index contributed by atoms with van der Waals surface area (Å²) in [6.07, 6.45) is 2.35. The molecule has 0 spiro atoms. The van der Waals surface area contributed by atoms with Gasteiger partial charge in [-0.25, -0.2) is 4.79 Å². The summed E-state index contributed by atoms with van der Waals surface area (Å²) in [6.45, 7) is 0. The second-order valence-electron chi connectivity index (χ2n) is 2.53. The Labute approximate surface area is 74.5 Å². The number of aliphatic carboxylic acids is 1. The number of methoxy groups -OCH3 is 1. The molecular formula is C8H9NO4. The van der Waals surface area contributed by atoms with E-state index in [1.54, 1.807) is 0 Å². The molecule has 0 amide bonds. The molecule has 0 radical (unpaired) electrons. The van der Waals surface area contributed by atoms with E-state index in [-0.39, 0.29) is 11.3 Å². The topological polar surface area (TPSA) is 89.6 Å². The lowest BCUT2D eigenvalue weighted by molar-refractivity contribution is -0.132. The highest BCUT2D eigenvalue weighted by Gasteiger charge is 2.24. The highest BCUT2D eigenvalue weighted by atomic mass is 16.5. The Bertz CT molecular complexity index is 316. The Hall–Kier alpha value is -1.62. The van der Waals surface area contributed by atoms with Crippen LogP contribution in [0.3, 0.4) is 0 Å². The summed E-state index contributed by atoms with van der Waals surface area (Å²) >= 11 is 0. The third-order valence-electron chi connectivity index (χ3n) is 1.66. The van der Waals surface area contributed by atoms with Crippen molar-refractivity contribution in [1.29, 1.82) is 0 Å². The van der Waals surface area contributed by atoms with E-state index in [0.29, 0.717) is 0 Å². The Kier molecular flexibility index (Phi) is 2.48. The van der Waals surface area contributed by atoms with Gasteiger partial charge in [-0.1, -0.05) is 0 Å². The summed E-state index contributed by atoms with van der Waals surface area (Å²) in [5.41, 5.74) is 5.34. The van der Waals surface area contributed by atoms with Gasteiger partial charge in [0.25, 0.3) is 0 Å². The fraction of sp³-hybridized carbons (Fsp3) is 0.250. The first kappa shape index (κ1) is 9.47. The van der Waals surface area contributed by atoms with Crippen molar-refractivity contribution in [2.24, 2.45) is 5.73 Å². The number of ketones is 1. The third-order valence-corrected chi connectivity index (χ3v) is 1.66. The predicted molar refractivity (Wildman–Crippen MR) is 43.8 cm³/mol. The van der Waals surface area contributed by atoms with Crippen molar-refractivity contribution in [3.63, 3.8) is 0 Å². The largest absolute Gasteiger partial charge is 0.493 e. The van der Waals surface area contributed by atoms with E-state index in [9.17, 15) is 9.59 Å². The maximum Gasteiger partial charge on any atom is 0.335 e. The zero-order valence-corrected chi connectivity index (χ0v) is 6.98. The lowest BCUT2D eigenvalue weighted by atomic mass is 10.0. The number of hydrogen-bond donors (Lipinski definition) is 2. The Morgan fingerprint density at radius 3 is 2.77 bits per heavy atom. The fourth-order valence-corrected chi connectivity index (χ4v) is 0.986. The molecule has 0 aliphatic heterocycles. The summed E-state index contributed by atoms with van der Waals surface area (Å²) in [7, 11) is 1.29. The predicted octanol–water partition coefficient (Wildman–Crippen LogP) is -0.562. The molecule has 3 N–H and O–H groups in total. The first-order chi connectivity index (χ1) is 6.06. The van der Waals surface area contributed by atoms with E-state index in [4.69, 9.17) is 10.8 Å². The van der Waals surface area contributed by atoms with Gasteiger partial charge in [0.05, 0.1) is 18.7 Å². The first-order valence-electron chi connectivity index (χ1n) is 3.57. The molecule has 1 aliphatic carbocycles. The zero-order valence-electron chi connectivity index (χ0n) is 6.98. The van der Waals surface area contributed by atoms with Gasteiger partial charge in [-0.2, -0.15) is 0 Å². The Balaban J connectivity index is 3.04. The molecule has 1 rings (SSSR count). The minimum absolute atomic E-state index is 0.0209. The summed E-state index contributed by atoms with van der Waals surface area (Å²) in [5.74, 6) is -1.56. The third kappa shape index (κ3) is 1.75. The monoisotopic (exact) mass is 183 g/mol. The van der Waals surface area contributed by atoms with E-state index < -0.39 is 17.8 Å². The highest BCUT2D eigenvalue weighted by molar-refractivity contribution is 6.05. The summed E-state index contributed by atoms with van der Waals surface area (Å²) in [5, 5.41) is 8.62. The van der Waals surface area contributed by atoms with E-state index in [2.05, 4.69) is 4.74 Å². The van der Waals surface area contributed by atoms with Gasteiger partial charge in [0.2, 0.25) is 5.78 Å². The Morgan fingerprint density at radius 2 is 2.31 bits per heavy atom. The molecule has 0 aromatic heterocycles. The van der Waals surface area contributed by atoms with Gasteiger partial charge in [0.15, 0.2) is 5.76 Å². The van der Waals surface area contributed by atoms with Crippen LogP contribution in [0, 0.1) is 0 Å². The summed E-state index contributed by atoms with van der Waals surface area (Å²) < 4.78 is 4.68. The fourth-order valence-electron chi connectivity index (χ4n) is 0.986. The number of carboxylic acid groups (broad SMARTS) is 1. The highest BCUT2D eigenvalue weighted by Crippen LogP contribution is 2.14. The maximum absolute atomic E-state index is 11.2. The van der Waals surface area contributed by atoms with Gasteiger partial charge in [0.1, 0.15) is 0 Å². The number of carboxylic acids is 1. The molecule has 0 bridgehead atoms. The first-order valence-corrected chi connectivity index (χ1v) is 3.57. The smallest absolute Gasteiger partial charge is 0.335 e. The van der Waals surface area contributed by atoms with Crippen LogP contribution in [0.4, 0.5) is 0 Å². The molecule has 0 fully saturated rings. The van der Waals surface area contributed by atoms with Crippen LogP contribution in [0.1, 0.15) is 0 Å². The molecule has 13 heavy (non-hydrogen) atoms. The molecule has 0 heterocycles. The number of carbonyl (C=O) groups excluding carboxylic acids is 1. The Morgan fingerprint density at radius 1 is 1.69 bits per heavy atom. The lowest BCUT2D eigenvalue weighted by Crippen LogP contribution is -2.33. The zero-order chi connectivity index (χ0) is 10.0. The van der Waals surface area contributed by atoms with Gasteiger partial charge in [-0.3, -0.25) is 4.79 Å².